The Morgan fingerprint density at radius 2 is 2.09 bits per heavy atom. The van der Waals surface area contributed by atoms with Gasteiger partial charge in [0.25, 0.3) is 5.91 Å². The fourth-order valence-corrected chi connectivity index (χ4v) is 2.33. The first kappa shape index (κ1) is 17.2. The third-order valence-corrected chi connectivity index (χ3v) is 3.78. The summed E-state index contributed by atoms with van der Waals surface area (Å²) >= 11 is 7.49. The number of nitrogens with zero attached hydrogens (tertiary/aromatic N) is 4. The summed E-state index contributed by atoms with van der Waals surface area (Å²) < 4.78 is 0. The SMILES string of the molecule is CN(C(=O)/C=C(\Cl)C/C=C/Sc1ncccn1)c1cccnc1. The van der Waals surface area contributed by atoms with Crippen LogP contribution in [0.15, 0.2) is 70.7 Å². The Morgan fingerprint density at radius 1 is 1.30 bits per heavy atom. The number of halogens is 1. The van der Waals surface area contributed by atoms with Crippen molar-refractivity contribution >= 4 is 35.0 Å². The normalized spacial score (nSPS) is 11.7. The van der Waals surface area contributed by atoms with Crippen LogP contribution in [-0.2, 0) is 4.79 Å². The van der Waals surface area contributed by atoms with Crippen molar-refractivity contribution in [2.45, 2.75) is 11.6 Å². The van der Waals surface area contributed by atoms with Gasteiger partial charge in [-0.05, 0) is 23.6 Å². The van der Waals surface area contributed by atoms with Crippen molar-refractivity contribution in [2.24, 2.45) is 0 Å². The molecule has 0 unspecified atom stereocenters. The van der Waals surface area contributed by atoms with Gasteiger partial charge in [-0.1, -0.05) is 29.4 Å². The zero-order valence-corrected chi connectivity index (χ0v) is 14.0. The number of likely N-dealkylation sites (N-methyl/N-ethyl adjacent to an activating group) is 1. The third kappa shape index (κ3) is 5.84. The minimum Gasteiger partial charge on any atom is -0.310 e. The predicted octanol–water partition coefficient (Wildman–Crippen LogP) is 3.65. The molecule has 7 heteroatoms. The molecule has 0 radical (unpaired) electrons. The molecule has 0 aromatic carbocycles. The van der Waals surface area contributed by atoms with Gasteiger partial charge in [0.05, 0.1) is 11.9 Å². The van der Waals surface area contributed by atoms with Crippen LogP contribution in [-0.4, -0.2) is 27.9 Å². The number of allylic oxidation sites excluding steroid dienone is 2. The average molecular weight is 347 g/mol. The maximum absolute atomic E-state index is 12.1. The summed E-state index contributed by atoms with van der Waals surface area (Å²) in [7, 11) is 1.68. The van der Waals surface area contributed by atoms with Gasteiger partial charge < -0.3 is 4.90 Å². The Labute approximate surface area is 144 Å². The topological polar surface area (TPSA) is 59.0 Å². The van der Waals surface area contributed by atoms with E-state index >= 15 is 0 Å². The molecule has 0 spiro atoms. The fourth-order valence-electron chi connectivity index (χ4n) is 1.59. The highest BCUT2D eigenvalue weighted by Gasteiger charge is 2.08. The smallest absolute Gasteiger partial charge is 0.251 e. The van der Waals surface area contributed by atoms with E-state index in [0.29, 0.717) is 22.3 Å². The second kappa shape index (κ2) is 9.07. The van der Waals surface area contributed by atoms with Gasteiger partial charge in [0.15, 0.2) is 5.16 Å². The van der Waals surface area contributed by atoms with Crippen LogP contribution < -0.4 is 4.90 Å². The molecule has 23 heavy (non-hydrogen) atoms. The lowest BCUT2D eigenvalue weighted by molar-refractivity contribution is -0.113. The van der Waals surface area contributed by atoms with Crippen molar-refractivity contribution < 1.29 is 4.79 Å². The molecule has 0 atom stereocenters. The highest BCUT2D eigenvalue weighted by atomic mass is 35.5. The van der Waals surface area contributed by atoms with Crippen LogP contribution in [0.3, 0.4) is 0 Å². The molecule has 2 aromatic heterocycles. The van der Waals surface area contributed by atoms with E-state index in [2.05, 4.69) is 15.0 Å². The van der Waals surface area contributed by atoms with Gasteiger partial charge in [-0.15, -0.1) is 0 Å². The maximum atomic E-state index is 12.1. The van der Waals surface area contributed by atoms with E-state index in [4.69, 9.17) is 11.6 Å². The van der Waals surface area contributed by atoms with Crippen molar-refractivity contribution in [3.05, 3.63) is 65.6 Å². The maximum Gasteiger partial charge on any atom is 0.251 e. The number of thioether (sulfide) groups is 1. The second-order valence-electron chi connectivity index (χ2n) is 4.42. The number of pyridine rings is 1. The molecule has 2 aromatic rings. The number of hydrogen-bond donors (Lipinski definition) is 0. The molecule has 0 fully saturated rings. The highest BCUT2D eigenvalue weighted by Crippen LogP contribution is 2.16. The molecule has 5 nitrogen and oxygen atoms in total. The summed E-state index contributed by atoms with van der Waals surface area (Å²) in [6.45, 7) is 0. The van der Waals surface area contributed by atoms with Crippen LogP contribution in [0.25, 0.3) is 0 Å². The lowest BCUT2D eigenvalue weighted by Crippen LogP contribution is -2.24. The Bertz CT molecular complexity index is 692. The van der Waals surface area contributed by atoms with E-state index in [-0.39, 0.29) is 5.91 Å². The summed E-state index contributed by atoms with van der Waals surface area (Å²) in [5.74, 6) is -0.199. The molecular weight excluding hydrogens is 332 g/mol. The van der Waals surface area contributed by atoms with Crippen LogP contribution in [0.1, 0.15) is 6.42 Å². The number of carbonyl (C=O) groups is 1. The van der Waals surface area contributed by atoms with Gasteiger partial charge in [0.2, 0.25) is 0 Å². The molecule has 0 aliphatic carbocycles. The summed E-state index contributed by atoms with van der Waals surface area (Å²) in [5.41, 5.74) is 0.713. The number of rotatable bonds is 6. The van der Waals surface area contributed by atoms with E-state index in [0.717, 1.165) is 0 Å². The molecule has 2 rings (SSSR count). The van der Waals surface area contributed by atoms with Crippen molar-refractivity contribution in [1.29, 1.82) is 0 Å². The Hall–Kier alpha value is -2.18. The van der Waals surface area contributed by atoms with E-state index in [1.165, 1.54) is 22.7 Å². The molecule has 2 heterocycles. The van der Waals surface area contributed by atoms with Gasteiger partial charge in [0, 0.05) is 43.2 Å². The number of amides is 1. The van der Waals surface area contributed by atoms with Gasteiger partial charge >= 0.3 is 0 Å². The zero-order chi connectivity index (χ0) is 16.5. The van der Waals surface area contributed by atoms with Crippen LogP contribution in [0.4, 0.5) is 5.69 Å². The first-order valence-electron chi connectivity index (χ1n) is 6.79. The van der Waals surface area contributed by atoms with Crippen LogP contribution >= 0.6 is 23.4 Å². The molecule has 0 saturated heterocycles. The molecule has 0 aliphatic heterocycles. The minimum atomic E-state index is -0.199. The van der Waals surface area contributed by atoms with E-state index in [9.17, 15) is 4.79 Å². The summed E-state index contributed by atoms with van der Waals surface area (Å²) in [6, 6.07) is 5.34. The third-order valence-electron chi connectivity index (χ3n) is 2.77. The quantitative estimate of drug-likeness (QED) is 0.454. The predicted molar refractivity (Wildman–Crippen MR) is 93.2 cm³/mol. The lowest BCUT2D eigenvalue weighted by atomic mass is 10.3. The van der Waals surface area contributed by atoms with E-state index in [1.54, 1.807) is 44.0 Å². The van der Waals surface area contributed by atoms with Gasteiger partial charge in [-0.3, -0.25) is 9.78 Å². The average Bonchev–Trinajstić information content (AvgIpc) is 2.59. The molecular formula is C16H15ClN4OS. The summed E-state index contributed by atoms with van der Waals surface area (Å²) in [4.78, 5) is 25.7. The molecule has 0 aliphatic rings. The molecule has 0 saturated carbocycles. The molecule has 1 amide bonds. The van der Waals surface area contributed by atoms with Crippen molar-refractivity contribution in [1.82, 2.24) is 15.0 Å². The summed E-state index contributed by atoms with van der Waals surface area (Å²) in [5, 5.41) is 2.97. The zero-order valence-electron chi connectivity index (χ0n) is 12.5. The number of carbonyl (C=O) groups excluding carboxylic acids is 1. The lowest BCUT2D eigenvalue weighted by Gasteiger charge is -2.14. The van der Waals surface area contributed by atoms with Gasteiger partial charge in [0.1, 0.15) is 0 Å². The second-order valence-corrected chi connectivity index (χ2v) is 5.78. The Balaban J connectivity index is 1.86. The minimum absolute atomic E-state index is 0.199. The van der Waals surface area contributed by atoms with Crippen LogP contribution in [0.5, 0.6) is 0 Å². The van der Waals surface area contributed by atoms with Crippen molar-refractivity contribution in [2.75, 3.05) is 11.9 Å². The number of aromatic nitrogens is 3. The van der Waals surface area contributed by atoms with Gasteiger partial charge in [-0.2, -0.15) is 0 Å². The van der Waals surface area contributed by atoms with Crippen molar-refractivity contribution in [3.8, 4) is 0 Å². The number of anilines is 1. The molecule has 0 N–H and O–H groups in total. The highest BCUT2D eigenvalue weighted by molar-refractivity contribution is 8.02. The van der Waals surface area contributed by atoms with Crippen molar-refractivity contribution in [3.63, 3.8) is 0 Å². The molecule has 118 valence electrons. The van der Waals surface area contributed by atoms with E-state index < -0.39 is 0 Å². The first-order chi connectivity index (χ1) is 11.2. The Morgan fingerprint density at radius 3 is 2.78 bits per heavy atom. The van der Waals surface area contributed by atoms with E-state index in [1.807, 2.05) is 17.6 Å². The monoisotopic (exact) mass is 346 g/mol. The fraction of sp³-hybridized carbons (Fsp3) is 0.125. The molecule has 0 bridgehead atoms. The van der Waals surface area contributed by atoms with Crippen LogP contribution in [0.2, 0.25) is 0 Å². The van der Waals surface area contributed by atoms with Crippen LogP contribution in [0, 0.1) is 0 Å². The van der Waals surface area contributed by atoms with Gasteiger partial charge in [-0.25, -0.2) is 9.97 Å². The Kier molecular flexibility index (Phi) is 6.77. The summed E-state index contributed by atoms with van der Waals surface area (Å²) in [6.07, 6.45) is 10.4. The first-order valence-corrected chi connectivity index (χ1v) is 8.05. The largest absolute Gasteiger partial charge is 0.310 e. The standard InChI is InChI=1S/C16H15ClN4OS/c1-21(14-6-2-7-18-12-14)15(22)11-13(17)5-3-10-23-16-19-8-4-9-20-16/h2-4,6-12H,5H2,1H3/b10-3+,13-11-. The number of hydrogen-bond acceptors (Lipinski definition) is 5.